The molecule has 0 saturated carbocycles. The summed E-state index contributed by atoms with van der Waals surface area (Å²) in [5.74, 6) is 2.10. The van der Waals surface area contributed by atoms with Crippen molar-refractivity contribution >= 4 is 17.0 Å². The average molecular weight is 261 g/mol. The third-order valence-electron chi connectivity index (χ3n) is 3.81. The van der Waals surface area contributed by atoms with Gasteiger partial charge < -0.3 is 15.0 Å². The maximum Gasteiger partial charge on any atom is 0.201 e. The Bertz CT molecular complexity index is 562. The number of hydrogen-bond acceptors (Lipinski definition) is 3. The summed E-state index contributed by atoms with van der Waals surface area (Å²) in [5.41, 5.74) is 8.05. The Kier molecular flexibility index (Phi) is 3.98. The Morgan fingerprint density at radius 3 is 2.74 bits per heavy atom. The van der Waals surface area contributed by atoms with Crippen LogP contribution < -0.4 is 10.5 Å². The van der Waals surface area contributed by atoms with Gasteiger partial charge in [-0.3, -0.25) is 0 Å². The van der Waals surface area contributed by atoms with Gasteiger partial charge in [-0.1, -0.05) is 20.3 Å². The molecule has 4 heteroatoms. The number of hydrogen-bond donors (Lipinski definition) is 1. The van der Waals surface area contributed by atoms with E-state index in [4.69, 9.17) is 10.5 Å². The molecule has 0 aliphatic rings. The highest BCUT2D eigenvalue weighted by atomic mass is 16.5. The lowest BCUT2D eigenvalue weighted by Gasteiger charge is -2.19. The van der Waals surface area contributed by atoms with E-state index in [0.717, 1.165) is 23.2 Å². The van der Waals surface area contributed by atoms with E-state index < -0.39 is 0 Å². The van der Waals surface area contributed by atoms with E-state index >= 15 is 0 Å². The highest BCUT2D eigenvalue weighted by Crippen LogP contribution is 2.29. The second-order valence-electron chi connectivity index (χ2n) is 5.29. The molecule has 19 heavy (non-hydrogen) atoms. The normalized spacial score (nSPS) is 14.5. The fraction of sp³-hybridized carbons (Fsp3) is 0.533. The lowest BCUT2D eigenvalue weighted by atomic mass is 10.00. The number of rotatable bonds is 5. The molecule has 2 aromatic rings. The van der Waals surface area contributed by atoms with Crippen LogP contribution in [0.5, 0.6) is 5.75 Å². The maximum absolute atomic E-state index is 6.07. The standard InChI is InChI=1S/C15H23N3O/c1-5-10(2)8-11(3)18-14-9-12(19-4)6-7-13(14)17-15(18)16/h6-7,9-11H,5,8H2,1-4H3,(H2,16,17). The largest absolute Gasteiger partial charge is 0.497 e. The Balaban J connectivity index is 2.43. The van der Waals surface area contributed by atoms with Crippen LogP contribution in [0.25, 0.3) is 11.0 Å². The molecule has 0 spiro atoms. The number of fused-ring (bicyclic) bond motifs is 1. The number of methoxy groups -OCH3 is 1. The lowest BCUT2D eigenvalue weighted by Crippen LogP contribution is -2.11. The summed E-state index contributed by atoms with van der Waals surface area (Å²) < 4.78 is 7.40. The van der Waals surface area contributed by atoms with Crippen LogP contribution >= 0.6 is 0 Å². The summed E-state index contributed by atoms with van der Waals surface area (Å²) >= 11 is 0. The first kappa shape index (κ1) is 13.7. The molecule has 0 aliphatic heterocycles. The first-order valence-corrected chi connectivity index (χ1v) is 6.88. The quantitative estimate of drug-likeness (QED) is 0.894. The minimum Gasteiger partial charge on any atom is -0.497 e. The molecule has 0 aliphatic carbocycles. The Labute approximate surface area is 114 Å². The van der Waals surface area contributed by atoms with Gasteiger partial charge in [0.15, 0.2) is 0 Å². The molecule has 104 valence electrons. The molecule has 1 heterocycles. The van der Waals surface area contributed by atoms with Crippen LogP contribution in [0.2, 0.25) is 0 Å². The Morgan fingerprint density at radius 1 is 1.37 bits per heavy atom. The number of imidazole rings is 1. The van der Waals surface area contributed by atoms with Gasteiger partial charge in [0.05, 0.1) is 18.1 Å². The number of nitrogens with zero attached hydrogens (tertiary/aromatic N) is 2. The summed E-state index contributed by atoms with van der Waals surface area (Å²) in [4.78, 5) is 4.43. The summed E-state index contributed by atoms with van der Waals surface area (Å²) in [5, 5.41) is 0. The van der Waals surface area contributed by atoms with E-state index in [1.165, 1.54) is 6.42 Å². The topological polar surface area (TPSA) is 53.1 Å². The average Bonchev–Trinajstić information content (AvgIpc) is 2.73. The van der Waals surface area contributed by atoms with E-state index in [-0.39, 0.29) is 0 Å². The molecule has 0 fully saturated rings. The van der Waals surface area contributed by atoms with E-state index in [1.54, 1.807) is 7.11 Å². The van der Waals surface area contributed by atoms with Gasteiger partial charge in [0.1, 0.15) is 5.75 Å². The zero-order chi connectivity index (χ0) is 14.0. The number of nitrogen functional groups attached to an aromatic ring is 1. The van der Waals surface area contributed by atoms with Crippen LogP contribution in [0, 0.1) is 5.92 Å². The predicted octanol–water partition coefficient (Wildman–Crippen LogP) is 3.62. The third-order valence-corrected chi connectivity index (χ3v) is 3.81. The molecular formula is C15H23N3O. The lowest BCUT2D eigenvalue weighted by molar-refractivity contribution is 0.405. The van der Waals surface area contributed by atoms with Crippen molar-refractivity contribution in [3.05, 3.63) is 18.2 Å². The van der Waals surface area contributed by atoms with E-state index in [1.807, 2.05) is 18.2 Å². The molecule has 4 nitrogen and oxygen atoms in total. The van der Waals surface area contributed by atoms with Crippen molar-refractivity contribution in [3.63, 3.8) is 0 Å². The maximum atomic E-state index is 6.07. The molecule has 0 saturated heterocycles. The molecule has 2 unspecified atom stereocenters. The third kappa shape index (κ3) is 2.67. The van der Waals surface area contributed by atoms with Gasteiger partial charge in [-0.25, -0.2) is 4.98 Å². The second kappa shape index (κ2) is 5.51. The molecule has 2 rings (SSSR count). The number of benzene rings is 1. The van der Waals surface area contributed by atoms with Gasteiger partial charge >= 0.3 is 0 Å². The van der Waals surface area contributed by atoms with Gasteiger partial charge in [-0.2, -0.15) is 0 Å². The summed E-state index contributed by atoms with van der Waals surface area (Å²) in [6.45, 7) is 6.69. The summed E-state index contributed by atoms with van der Waals surface area (Å²) in [6, 6.07) is 6.22. The van der Waals surface area contributed by atoms with Crippen molar-refractivity contribution in [2.24, 2.45) is 5.92 Å². The van der Waals surface area contributed by atoms with Gasteiger partial charge in [-0.05, 0) is 31.4 Å². The molecular weight excluding hydrogens is 238 g/mol. The molecule has 2 atom stereocenters. The first-order valence-electron chi connectivity index (χ1n) is 6.88. The van der Waals surface area contributed by atoms with Crippen molar-refractivity contribution in [1.29, 1.82) is 0 Å². The molecule has 2 N–H and O–H groups in total. The van der Waals surface area contributed by atoms with Crippen LogP contribution in [-0.4, -0.2) is 16.7 Å². The van der Waals surface area contributed by atoms with Gasteiger partial charge in [0.25, 0.3) is 0 Å². The van der Waals surface area contributed by atoms with E-state index in [2.05, 4.69) is 30.3 Å². The van der Waals surface area contributed by atoms with Crippen molar-refractivity contribution in [3.8, 4) is 5.75 Å². The summed E-state index contributed by atoms with van der Waals surface area (Å²) in [6.07, 6.45) is 2.28. The molecule has 1 aromatic heterocycles. The second-order valence-corrected chi connectivity index (χ2v) is 5.29. The molecule has 0 amide bonds. The number of ether oxygens (including phenoxy) is 1. The first-order chi connectivity index (χ1) is 9.06. The monoisotopic (exact) mass is 261 g/mol. The van der Waals surface area contributed by atoms with Crippen molar-refractivity contribution in [2.45, 2.75) is 39.7 Å². The fourth-order valence-corrected chi connectivity index (χ4v) is 2.54. The minimum atomic E-state index is 0.340. The van der Waals surface area contributed by atoms with Crippen LogP contribution in [-0.2, 0) is 0 Å². The van der Waals surface area contributed by atoms with Crippen LogP contribution in [0.4, 0.5) is 5.95 Å². The zero-order valence-corrected chi connectivity index (χ0v) is 12.2. The van der Waals surface area contributed by atoms with Crippen molar-refractivity contribution < 1.29 is 4.74 Å². The predicted molar refractivity (Wildman–Crippen MR) is 79.5 cm³/mol. The number of aromatic nitrogens is 2. The molecule has 1 aromatic carbocycles. The summed E-state index contributed by atoms with van der Waals surface area (Å²) in [7, 11) is 1.67. The Hall–Kier alpha value is -1.71. The minimum absolute atomic E-state index is 0.340. The zero-order valence-electron chi connectivity index (χ0n) is 12.2. The number of anilines is 1. The smallest absolute Gasteiger partial charge is 0.201 e. The van der Waals surface area contributed by atoms with Crippen LogP contribution in [0.3, 0.4) is 0 Å². The van der Waals surface area contributed by atoms with E-state index in [0.29, 0.717) is 17.9 Å². The van der Waals surface area contributed by atoms with Crippen molar-refractivity contribution in [2.75, 3.05) is 12.8 Å². The highest BCUT2D eigenvalue weighted by molar-refractivity contribution is 5.80. The SMILES string of the molecule is CCC(C)CC(C)n1c(N)nc2ccc(OC)cc21. The number of nitrogens with two attached hydrogens (primary N) is 1. The Morgan fingerprint density at radius 2 is 2.11 bits per heavy atom. The van der Waals surface area contributed by atoms with Crippen LogP contribution in [0.15, 0.2) is 18.2 Å². The van der Waals surface area contributed by atoms with Gasteiger partial charge in [-0.15, -0.1) is 0 Å². The van der Waals surface area contributed by atoms with Gasteiger partial charge in [0, 0.05) is 12.1 Å². The van der Waals surface area contributed by atoms with Gasteiger partial charge in [0.2, 0.25) is 5.95 Å². The van der Waals surface area contributed by atoms with Crippen molar-refractivity contribution in [1.82, 2.24) is 9.55 Å². The molecule has 0 bridgehead atoms. The fourth-order valence-electron chi connectivity index (χ4n) is 2.54. The van der Waals surface area contributed by atoms with Crippen LogP contribution in [0.1, 0.15) is 39.7 Å². The van der Waals surface area contributed by atoms with E-state index in [9.17, 15) is 0 Å². The molecule has 0 radical (unpaired) electrons. The highest BCUT2D eigenvalue weighted by Gasteiger charge is 2.16.